The van der Waals surface area contributed by atoms with E-state index in [1.807, 2.05) is 0 Å². The van der Waals surface area contributed by atoms with Gasteiger partial charge in [-0.1, -0.05) is 194 Å². The van der Waals surface area contributed by atoms with Gasteiger partial charge in [0.25, 0.3) is 0 Å². The Labute approximate surface area is 273 Å². The zero-order valence-corrected chi connectivity index (χ0v) is 29.7. The molecule has 260 valence electrons. The second-order valence-electron chi connectivity index (χ2n) is 13.3. The number of ether oxygens (including phenoxy) is 2. The summed E-state index contributed by atoms with van der Waals surface area (Å²) in [6, 6.07) is 0. The van der Waals surface area contributed by atoms with E-state index in [1.165, 1.54) is 161 Å². The highest BCUT2D eigenvalue weighted by molar-refractivity contribution is 5.84. The van der Waals surface area contributed by atoms with Crippen molar-refractivity contribution in [2.45, 2.75) is 233 Å². The van der Waals surface area contributed by atoms with E-state index in [0.717, 1.165) is 38.5 Å². The Morgan fingerprint density at radius 3 is 0.773 bits per heavy atom. The quantitative estimate of drug-likeness (QED) is 0.0399. The highest BCUT2D eigenvalue weighted by Crippen LogP contribution is 2.16. The van der Waals surface area contributed by atoms with E-state index in [2.05, 4.69) is 13.8 Å². The fraction of sp³-hybridized carbons (Fsp3) is 0.923. The molecular weight excluding hydrogens is 548 g/mol. The number of carbonyl (C=O) groups excluding carboxylic acids is 3. The minimum Gasteiger partial charge on any atom is -0.417 e. The Morgan fingerprint density at radius 2 is 0.568 bits per heavy atom. The molecule has 0 aromatic heterocycles. The first-order valence-electron chi connectivity index (χ1n) is 19.4. The number of hydrogen-bond acceptors (Lipinski definition) is 5. The van der Waals surface area contributed by atoms with Crippen LogP contribution in [0.3, 0.4) is 0 Å². The van der Waals surface area contributed by atoms with Gasteiger partial charge < -0.3 is 9.47 Å². The number of esters is 2. The van der Waals surface area contributed by atoms with Crippen LogP contribution >= 0.6 is 0 Å². The Balaban J connectivity index is 3.63. The van der Waals surface area contributed by atoms with Crippen LogP contribution in [0.15, 0.2) is 0 Å². The van der Waals surface area contributed by atoms with Crippen LogP contribution in [-0.2, 0) is 23.9 Å². The molecule has 5 heteroatoms. The third-order valence-corrected chi connectivity index (χ3v) is 8.78. The van der Waals surface area contributed by atoms with Crippen LogP contribution in [0.2, 0.25) is 0 Å². The van der Waals surface area contributed by atoms with Crippen LogP contribution in [0.1, 0.15) is 226 Å². The maximum Gasteiger partial charge on any atom is 0.309 e. The minimum absolute atomic E-state index is 0.263. The molecule has 0 radical (unpaired) electrons. The number of rotatable bonds is 35. The van der Waals surface area contributed by atoms with E-state index in [9.17, 15) is 14.4 Å². The van der Waals surface area contributed by atoms with Crippen LogP contribution in [-0.4, -0.2) is 24.0 Å². The monoisotopic (exact) mass is 623 g/mol. The van der Waals surface area contributed by atoms with Crippen molar-refractivity contribution in [1.29, 1.82) is 0 Å². The van der Waals surface area contributed by atoms with E-state index in [4.69, 9.17) is 9.47 Å². The summed E-state index contributed by atoms with van der Waals surface area (Å²) >= 11 is 0. The van der Waals surface area contributed by atoms with Crippen molar-refractivity contribution in [3.63, 3.8) is 0 Å². The number of hydrogen-bond donors (Lipinski definition) is 0. The summed E-state index contributed by atoms with van der Waals surface area (Å²) in [5.41, 5.74) is 0. The molecular formula is C39H74O5. The second-order valence-corrected chi connectivity index (χ2v) is 13.3. The summed E-state index contributed by atoms with van der Waals surface area (Å²) in [7, 11) is 0. The van der Waals surface area contributed by atoms with Crippen molar-refractivity contribution in [2.24, 2.45) is 0 Å². The van der Waals surface area contributed by atoms with E-state index < -0.39 is 24.0 Å². The summed E-state index contributed by atoms with van der Waals surface area (Å²) in [6.45, 7) is 5.83. The van der Waals surface area contributed by atoms with Crippen LogP contribution in [0.25, 0.3) is 0 Å². The predicted octanol–water partition coefficient (Wildman–Crippen LogP) is 12.5. The van der Waals surface area contributed by atoms with Crippen LogP contribution in [0.4, 0.5) is 0 Å². The van der Waals surface area contributed by atoms with Gasteiger partial charge >= 0.3 is 18.2 Å². The van der Waals surface area contributed by atoms with Crippen LogP contribution in [0, 0.1) is 0 Å². The first-order valence-corrected chi connectivity index (χ1v) is 19.4. The van der Waals surface area contributed by atoms with Crippen LogP contribution < -0.4 is 0 Å². The van der Waals surface area contributed by atoms with Crippen molar-refractivity contribution in [3.05, 3.63) is 0 Å². The smallest absolute Gasteiger partial charge is 0.309 e. The average Bonchev–Trinajstić information content (AvgIpc) is 3.00. The molecule has 0 saturated heterocycles. The van der Waals surface area contributed by atoms with E-state index in [-0.39, 0.29) is 12.8 Å². The molecule has 0 aliphatic heterocycles. The number of carbonyl (C=O) groups is 3. The Kier molecular flexibility index (Phi) is 33.4. The summed E-state index contributed by atoms with van der Waals surface area (Å²) < 4.78 is 10.4. The predicted molar refractivity (Wildman–Crippen MR) is 186 cm³/mol. The number of Topliss-reactive ketones (excluding diaryl/α,β-unsaturated/α-hetero) is 1. The van der Waals surface area contributed by atoms with E-state index in [1.54, 1.807) is 0 Å². The lowest BCUT2D eigenvalue weighted by Gasteiger charge is -2.15. The summed E-state index contributed by atoms with van der Waals surface area (Å²) in [5, 5.41) is 0. The van der Waals surface area contributed by atoms with Crippen molar-refractivity contribution < 1.29 is 23.9 Å². The molecule has 0 aliphatic carbocycles. The van der Waals surface area contributed by atoms with E-state index in [0.29, 0.717) is 0 Å². The first kappa shape index (κ1) is 42.6. The molecule has 0 aromatic rings. The molecule has 0 spiro atoms. The molecule has 44 heavy (non-hydrogen) atoms. The molecule has 0 saturated carbocycles. The maximum atomic E-state index is 12.2. The Hall–Kier alpha value is -1.39. The van der Waals surface area contributed by atoms with E-state index >= 15 is 0 Å². The molecule has 0 bridgehead atoms. The van der Waals surface area contributed by atoms with Gasteiger partial charge in [-0.25, -0.2) is 0 Å². The van der Waals surface area contributed by atoms with Gasteiger partial charge in [-0.15, -0.1) is 0 Å². The topological polar surface area (TPSA) is 69.7 Å². The summed E-state index contributed by atoms with van der Waals surface area (Å²) in [5.74, 6) is -1.36. The maximum absolute atomic E-state index is 12.2. The largest absolute Gasteiger partial charge is 0.417 e. The van der Waals surface area contributed by atoms with Gasteiger partial charge in [-0.2, -0.15) is 0 Å². The first-order chi connectivity index (χ1) is 21.5. The lowest BCUT2D eigenvalue weighted by molar-refractivity contribution is -0.191. The fourth-order valence-corrected chi connectivity index (χ4v) is 5.83. The van der Waals surface area contributed by atoms with Crippen LogP contribution in [0.5, 0.6) is 0 Å². The molecule has 0 heterocycles. The average molecular weight is 623 g/mol. The lowest BCUT2D eigenvalue weighted by atomic mass is 10.0. The third kappa shape index (κ3) is 32.0. The van der Waals surface area contributed by atoms with Crippen molar-refractivity contribution >= 4 is 17.7 Å². The van der Waals surface area contributed by atoms with Gasteiger partial charge in [-0.05, 0) is 12.8 Å². The number of ketones is 1. The van der Waals surface area contributed by atoms with Crippen molar-refractivity contribution in [1.82, 2.24) is 0 Å². The third-order valence-electron chi connectivity index (χ3n) is 8.78. The normalized spacial score (nSPS) is 11.3. The van der Waals surface area contributed by atoms with Crippen molar-refractivity contribution in [3.8, 4) is 0 Å². The summed E-state index contributed by atoms with van der Waals surface area (Å²) in [6.07, 6.45) is 37.2. The molecule has 0 aromatic carbocycles. The minimum atomic E-state index is -1.40. The second kappa shape index (κ2) is 34.5. The van der Waals surface area contributed by atoms with Crippen molar-refractivity contribution in [2.75, 3.05) is 0 Å². The van der Waals surface area contributed by atoms with Gasteiger partial charge in [0.15, 0.2) is 0 Å². The molecule has 0 rings (SSSR count). The molecule has 0 N–H and O–H groups in total. The molecule has 0 aliphatic rings. The molecule has 0 atom stereocenters. The van der Waals surface area contributed by atoms with Gasteiger partial charge in [0.1, 0.15) is 0 Å². The summed E-state index contributed by atoms with van der Waals surface area (Å²) in [4.78, 5) is 36.3. The van der Waals surface area contributed by atoms with Gasteiger partial charge in [-0.3, -0.25) is 14.4 Å². The Morgan fingerprint density at radius 1 is 0.364 bits per heavy atom. The molecule has 0 amide bonds. The van der Waals surface area contributed by atoms with Gasteiger partial charge in [0.05, 0.1) is 0 Å². The SMILES string of the molecule is CCCCCCCCCCCCCCCCCC(=O)OC(OC(=O)CCCCCCCCCCCCCCCCC)C(C)=O. The zero-order chi connectivity index (χ0) is 32.4. The molecule has 5 nitrogen and oxygen atoms in total. The number of unbranched alkanes of at least 4 members (excludes halogenated alkanes) is 28. The highest BCUT2D eigenvalue weighted by atomic mass is 16.7. The standard InChI is InChI=1S/C39H74O5/c1-4-6-8-10-12-14-16-18-20-22-24-26-28-30-32-34-37(41)43-39(36(3)40)44-38(42)35-33-31-29-27-25-23-21-19-17-15-13-11-9-7-5-2/h39H,4-35H2,1-3H3. The molecule has 0 unspecified atom stereocenters. The van der Waals surface area contributed by atoms with Gasteiger partial charge in [0.2, 0.25) is 5.78 Å². The lowest BCUT2D eigenvalue weighted by Crippen LogP contribution is -2.30. The Bertz CT molecular complexity index is 598. The zero-order valence-electron chi connectivity index (χ0n) is 29.7. The highest BCUT2D eigenvalue weighted by Gasteiger charge is 2.23. The molecule has 0 fully saturated rings. The fourth-order valence-electron chi connectivity index (χ4n) is 5.83. The van der Waals surface area contributed by atoms with Gasteiger partial charge in [0, 0.05) is 19.8 Å².